The van der Waals surface area contributed by atoms with Gasteiger partial charge in [-0.25, -0.2) is 9.78 Å². The Morgan fingerprint density at radius 2 is 1.53 bits per heavy atom. The van der Waals surface area contributed by atoms with Gasteiger partial charge in [-0.15, -0.1) is 0 Å². The zero-order valence-corrected chi connectivity index (χ0v) is 19.9. The van der Waals surface area contributed by atoms with Crippen LogP contribution < -0.4 is 21.7 Å². The zero-order chi connectivity index (χ0) is 27.4. The summed E-state index contributed by atoms with van der Waals surface area (Å²) in [5, 5.41) is 34.3. The molecule has 1 aromatic rings. The number of H-pyrrole nitrogens is 1. The van der Waals surface area contributed by atoms with Crippen LogP contribution in [0.25, 0.3) is 0 Å². The second-order valence-corrected chi connectivity index (χ2v) is 8.24. The number of nitrogens with two attached hydrogens (primary N) is 1. The van der Waals surface area contributed by atoms with E-state index in [4.69, 9.17) is 15.9 Å². The van der Waals surface area contributed by atoms with Gasteiger partial charge in [0.15, 0.2) is 0 Å². The van der Waals surface area contributed by atoms with Crippen molar-refractivity contribution < 1.29 is 44.1 Å². The maximum absolute atomic E-state index is 12.8. The lowest BCUT2D eigenvalue weighted by Crippen LogP contribution is -2.58. The Balaban J connectivity index is 3.04. The van der Waals surface area contributed by atoms with Gasteiger partial charge < -0.3 is 42.0 Å². The van der Waals surface area contributed by atoms with E-state index in [-0.39, 0.29) is 12.3 Å². The number of carboxylic acid groups (broad SMARTS) is 3. The average molecular weight is 513 g/mol. The number of hydrogen-bond donors (Lipinski definition) is 8. The third-order valence-corrected chi connectivity index (χ3v) is 5.44. The van der Waals surface area contributed by atoms with Crippen molar-refractivity contribution in [3.05, 3.63) is 18.2 Å². The van der Waals surface area contributed by atoms with Crippen molar-refractivity contribution in [2.45, 2.75) is 70.1 Å². The minimum absolute atomic E-state index is 0.175. The summed E-state index contributed by atoms with van der Waals surface area (Å²) < 4.78 is 0. The summed E-state index contributed by atoms with van der Waals surface area (Å²) in [5.41, 5.74) is 6.24. The van der Waals surface area contributed by atoms with E-state index < -0.39 is 79.1 Å². The molecule has 0 spiro atoms. The molecular formula is C21H32N6O9. The lowest BCUT2D eigenvalue weighted by Gasteiger charge is -2.25. The molecule has 3 amide bonds. The molecule has 0 aliphatic rings. The fourth-order valence-electron chi connectivity index (χ4n) is 3.06. The van der Waals surface area contributed by atoms with Crippen molar-refractivity contribution in [3.63, 3.8) is 0 Å². The highest BCUT2D eigenvalue weighted by atomic mass is 16.4. The van der Waals surface area contributed by atoms with Crippen molar-refractivity contribution in [2.24, 2.45) is 11.7 Å². The summed E-state index contributed by atoms with van der Waals surface area (Å²) in [6, 6.07) is -5.62. The molecule has 36 heavy (non-hydrogen) atoms. The first-order chi connectivity index (χ1) is 16.8. The van der Waals surface area contributed by atoms with E-state index in [1.807, 2.05) is 0 Å². The minimum atomic E-state index is -1.62. The molecule has 0 aliphatic heterocycles. The summed E-state index contributed by atoms with van der Waals surface area (Å²) in [4.78, 5) is 78.4. The molecular weight excluding hydrogens is 480 g/mol. The van der Waals surface area contributed by atoms with Gasteiger partial charge in [0.1, 0.15) is 18.1 Å². The van der Waals surface area contributed by atoms with Crippen LogP contribution in [0.3, 0.4) is 0 Å². The van der Waals surface area contributed by atoms with E-state index in [2.05, 4.69) is 25.9 Å². The van der Waals surface area contributed by atoms with Crippen LogP contribution in [0.4, 0.5) is 0 Å². The fraction of sp³-hybridized carbons (Fsp3) is 0.571. The van der Waals surface area contributed by atoms with E-state index in [1.165, 1.54) is 12.5 Å². The van der Waals surface area contributed by atoms with Gasteiger partial charge in [-0.3, -0.25) is 24.0 Å². The quantitative estimate of drug-likeness (QED) is 0.123. The Labute approximate surface area is 206 Å². The predicted molar refractivity (Wildman–Crippen MR) is 122 cm³/mol. The maximum Gasteiger partial charge on any atom is 0.326 e. The highest BCUT2D eigenvalue weighted by molar-refractivity contribution is 5.95. The van der Waals surface area contributed by atoms with Crippen LogP contribution in [0, 0.1) is 5.92 Å². The number of carboxylic acids is 3. The first kappa shape index (κ1) is 30.0. The molecule has 1 aromatic heterocycles. The van der Waals surface area contributed by atoms with Gasteiger partial charge in [0.25, 0.3) is 0 Å². The summed E-state index contributed by atoms with van der Waals surface area (Å²) in [7, 11) is 0. The molecule has 0 aliphatic carbocycles. The zero-order valence-electron chi connectivity index (χ0n) is 19.9. The van der Waals surface area contributed by atoms with E-state index >= 15 is 0 Å². The number of carbonyl (C=O) groups is 6. The Kier molecular flexibility index (Phi) is 12.0. The van der Waals surface area contributed by atoms with Crippen LogP contribution in [0.1, 0.15) is 45.2 Å². The average Bonchev–Trinajstić information content (AvgIpc) is 3.32. The Hall–Kier alpha value is -4.01. The lowest BCUT2D eigenvalue weighted by atomic mass is 9.99. The largest absolute Gasteiger partial charge is 0.481 e. The minimum Gasteiger partial charge on any atom is -0.481 e. The van der Waals surface area contributed by atoms with E-state index in [0.717, 1.165) is 0 Å². The molecule has 15 nitrogen and oxygen atoms in total. The van der Waals surface area contributed by atoms with Crippen molar-refractivity contribution in [2.75, 3.05) is 0 Å². The van der Waals surface area contributed by atoms with E-state index in [1.54, 1.807) is 13.8 Å². The number of hydrogen-bond acceptors (Lipinski definition) is 8. The highest BCUT2D eigenvalue weighted by Gasteiger charge is 2.32. The first-order valence-electron chi connectivity index (χ1n) is 11.2. The molecule has 0 saturated heterocycles. The second-order valence-electron chi connectivity index (χ2n) is 8.24. The summed E-state index contributed by atoms with van der Waals surface area (Å²) in [5.74, 6) is -7.23. The Morgan fingerprint density at radius 1 is 0.944 bits per heavy atom. The molecule has 15 heteroatoms. The molecule has 0 bridgehead atoms. The third kappa shape index (κ3) is 10.1. The van der Waals surface area contributed by atoms with Gasteiger partial charge >= 0.3 is 17.9 Å². The summed E-state index contributed by atoms with van der Waals surface area (Å²) in [6.45, 7) is 3.49. The van der Waals surface area contributed by atoms with Crippen LogP contribution in [0.2, 0.25) is 0 Å². The number of aliphatic carboxylic acids is 3. The predicted octanol–water partition coefficient (Wildman–Crippen LogP) is -1.80. The topological polar surface area (TPSA) is 254 Å². The van der Waals surface area contributed by atoms with Gasteiger partial charge in [-0.2, -0.15) is 0 Å². The number of rotatable bonds is 16. The lowest BCUT2D eigenvalue weighted by molar-refractivity contribution is -0.143. The fourth-order valence-corrected chi connectivity index (χ4v) is 3.06. The Bertz CT molecular complexity index is 936. The number of aromatic amines is 1. The highest BCUT2D eigenvalue weighted by Crippen LogP contribution is 2.08. The van der Waals surface area contributed by atoms with Crippen molar-refractivity contribution >= 4 is 35.6 Å². The number of aromatic nitrogens is 2. The molecule has 5 atom stereocenters. The molecule has 0 fully saturated rings. The smallest absolute Gasteiger partial charge is 0.326 e. The molecule has 0 radical (unpaired) electrons. The molecule has 1 heterocycles. The third-order valence-electron chi connectivity index (χ3n) is 5.44. The van der Waals surface area contributed by atoms with Gasteiger partial charge in [-0.05, 0) is 12.3 Å². The van der Waals surface area contributed by atoms with E-state index in [9.17, 15) is 33.9 Å². The number of nitrogens with zero attached hydrogens (tertiary/aromatic N) is 1. The number of amides is 3. The molecule has 5 unspecified atom stereocenters. The summed E-state index contributed by atoms with van der Waals surface area (Å²) in [6.07, 6.45) is 1.21. The van der Waals surface area contributed by atoms with Gasteiger partial charge in [0, 0.05) is 24.7 Å². The monoisotopic (exact) mass is 512 g/mol. The van der Waals surface area contributed by atoms with Crippen molar-refractivity contribution in [1.82, 2.24) is 25.9 Å². The van der Waals surface area contributed by atoms with Gasteiger partial charge in [0.05, 0.1) is 18.8 Å². The molecule has 1 rings (SSSR count). The molecule has 200 valence electrons. The van der Waals surface area contributed by atoms with Crippen molar-refractivity contribution in [1.29, 1.82) is 0 Å². The number of carbonyl (C=O) groups excluding carboxylic acids is 3. The Morgan fingerprint density at radius 3 is 2.03 bits per heavy atom. The number of imidazole rings is 1. The van der Waals surface area contributed by atoms with Crippen molar-refractivity contribution in [3.8, 4) is 0 Å². The SMILES string of the molecule is CCC(C)C(N)C(=O)NC(CC(=O)O)C(=O)NC(CCC(=O)O)C(=O)NC(Cc1cnc[nH]1)C(=O)O. The normalized spacial score (nSPS) is 15.0. The van der Waals surface area contributed by atoms with Crippen LogP contribution in [-0.2, 0) is 35.2 Å². The molecule has 0 aromatic carbocycles. The van der Waals surface area contributed by atoms with Crippen LogP contribution in [0.5, 0.6) is 0 Å². The molecule has 0 saturated carbocycles. The van der Waals surface area contributed by atoms with Crippen LogP contribution >= 0.6 is 0 Å². The van der Waals surface area contributed by atoms with E-state index in [0.29, 0.717) is 12.1 Å². The maximum atomic E-state index is 12.8. The van der Waals surface area contributed by atoms with Crippen LogP contribution in [-0.4, -0.2) is 85.1 Å². The number of nitrogens with one attached hydrogen (secondary N) is 4. The summed E-state index contributed by atoms with van der Waals surface area (Å²) >= 11 is 0. The standard InChI is InChI=1S/C21H32N6O9/c1-3-10(2)17(22)20(34)26-13(7-16(30)31)19(33)25-12(4-5-15(28)29)18(32)27-14(21(35)36)6-11-8-23-9-24-11/h8-10,12-14,17H,3-7,22H2,1-2H3,(H,23,24)(H,25,33)(H,26,34)(H,27,32)(H,28,29)(H,30,31)(H,35,36). The van der Waals surface area contributed by atoms with Crippen LogP contribution in [0.15, 0.2) is 12.5 Å². The van der Waals surface area contributed by atoms with Gasteiger partial charge in [-0.1, -0.05) is 20.3 Å². The molecule has 9 N–H and O–H groups in total. The first-order valence-corrected chi connectivity index (χ1v) is 11.2. The van der Waals surface area contributed by atoms with Gasteiger partial charge in [0.2, 0.25) is 17.7 Å². The second kappa shape index (κ2) is 14.4.